The van der Waals surface area contributed by atoms with Crippen LogP contribution in [0.4, 0.5) is 0 Å². The Labute approximate surface area is 87.7 Å². The van der Waals surface area contributed by atoms with Gasteiger partial charge in [-0.25, -0.2) is 0 Å². The van der Waals surface area contributed by atoms with Gasteiger partial charge in [0.25, 0.3) is 0 Å². The molecule has 0 aliphatic carbocycles. The topological polar surface area (TPSA) is 43.1 Å². The third-order valence-corrected chi connectivity index (χ3v) is 2.22. The molecule has 0 atom stereocenters. The molecule has 1 aromatic carbocycles. The first-order valence-corrected chi connectivity index (χ1v) is 4.83. The highest BCUT2D eigenvalue weighted by molar-refractivity contribution is 5.96. The number of carbonyl (C=O) groups excluding carboxylic acids is 1. The van der Waals surface area contributed by atoms with E-state index in [1.807, 2.05) is 30.3 Å². The van der Waals surface area contributed by atoms with Crippen molar-refractivity contribution in [3.8, 4) is 0 Å². The van der Waals surface area contributed by atoms with E-state index in [1.54, 1.807) is 12.5 Å². The van der Waals surface area contributed by atoms with Gasteiger partial charge in [-0.2, -0.15) is 0 Å². The number of Topliss-reactive ketones (excluding diaryl/α,β-unsaturated/α-hetero) is 1. The molecule has 76 valence electrons. The maximum atomic E-state index is 11.7. The maximum absolute atomic E-state index is 11.7. The number of aromatic nitrogens is 1. The molecular weight excluding hydrogens is 190 g/mol. The molecule has 0 N–H and O–H groups in total. The molecule has 0 aliphatic heterocycles. The normalized spacial score (nSPS) is 10.1. The maximum Gasteiger partial charge on any atom is 0.163 e. The van der Waals surface area contributed by atoms with Gasteiger partial charge in [0.1, 0.15) is 6.26 Å². The summed E-state index contributed by atoms with van der Waals surface area (Å²) in [4.78, 5) is 11.7. The second kappa shape index (κ2) is 4.55. The molecule has 0 spiro atoms. The van der Waals surface area contributed by atoms with Crippen LogP contribution in [-0.4, -0.2) is 10.9 Å². The van der Waals surface area contributed by atoms with Crippen molar-refractivity contribution in [1.82, 2.24) is 5.16 Å². The average Bonchev–Trinajstić information content (AvgIpc) is 2.80. The Morgan fingerprint density at radius 3 is 2.73 bits per heavy atom. The number of rotatable bonds is 4. The molecule has 2 aromatic rings. The van der Waals surface area contributed by atoms with Gasteiger partial charge in [-0.15, -0.1) is 0 Å². The van der Waals surface area contributed by atoms with E-state index in [1.165, 1.54) is 0 Å². The van der Waals surface area contributed by atoms with Crippen molar-refractivity contribution in [3.63, 3.8) is 0 Å². The molecule has 15 heavy (non-hydrogen) atoms. The van der Waals surface area contributed by atoms with Crippen LogP contribution in [0.1, 0.15) is 22.3 Å². The van der Waals surface area contributed by atoms with Gasteiger partial charge < -0.3 is 4.52 Å². The first-order valence-electron chi connectivity index (χ1n) is 4.83. The zero-order valence-electron chi connectivity index (χ0n) is 8.22. The van der Waals surface area contributed by atoms with E-state index >= 15 is 0 Å². The van der Waals surface area contributed by atoms with Gasteiger partial charge in [0, 0.05) is 17.5 Å². The number of aryl methyl sites for hydroxylation is 1. The summed E-state index contributed by atoms with van der Waals surface area (Å²) in [6, 6.07) is 9.29. The van der Waals surface area contributed by atoms with Crippen LogP contribution in [0.25, 0.3) is 0 Å². The Bertz CT molecular complexity index is 420. The van der Waals surface area contributed by atoms with Gasteiger partial charge in [-0.05, 0) is 6.42 Å². The SMILES string of the molecule is O=C(CCc1cnoc1)c1ccccc1. The fraction of sp³-hybridized carbons (Fsp3) is 0.167. The van der Waals surface area contributed by atoms with Crippen LogP contribution in [0.5, 0.6) is 0 Å². The Kier molecular flexibility index (Phi) is 2.93. The lowest BCUT2D eigenvalue weighted by atomic mass is 10.1. The Hall–Kier alpha value is -1.90. The summed E-state index contributed by atoms with van der Waals surface area (Å²) >= 11 is 0. The smallest absolute Gasteiger partial charge is 0.163 e. The summed E-state index contributed by atoms with van der Waals surface area (Å²) in [5.41, 5.74) is 1.72. The molecule has 0 bridgehead atoms. The van der Waals surface area contributed by atoms with Crippen LogP contribution >= 0.6 is 0 Å². The van der Waals surface area contributed by atoms with Gasteiger partial charge in [0.05, 0.1) is 6.20 Å². The van der Waals surface area contributed by atoms with E-state index in [9.17, 15) is 4.79 Å². The van der Waals surface area contributed by atoms with Crippen LogP contribution in [0.15, 0.2) is 47.3 Å². The molecule has 1 aromatic heterocycles. The van der Waals surface area contributed by atoms with Crippen molar-refractivity contribution in [3.05, 3.63) is 53.9 Å². The molecule has 3 nitrogen and oxygen atoms in total. The van der Waals surface area contributed by atoms with Gasteiger partial charge >= 0.3 is 0 Å². The quantitative estimate of drug-likeness (QED) is 0.714. The zero-order valence-corrected chi connectivity index (χ0v) is 8.22. The lowest BCUT2D eigenvalue weighted by Crippen LogP contribution is -2.00. The van der Waals surface area contributed by atoms with E-state index in [-0.39, 0.29) is 5.78 Å². The molecule has 0 saturated carbocycles. The zero-order chi connectivity index (χ0) is 10.5. The van der Waals surface area contributed by atoms with E-state index in [0.717, 1.165) is 11.1 Å². The number of nitrogens with zero attached hydrogens (tertiary/aromatic N) is 1. The Morgan fingerprint density at radius 1 is 1.27 bits per heavy atom. The molecule has 0 saturated heterocycles. The molecule has 0 radical (unpaired) electrons. The number of hydrogen-bond acceptors (Lipinski definition) is 3. The largest absolute Gasteiger partial charge is 0.364 e. The Morgan fingerprint density at radius 2 is 2.07 bits per heavy atom. The monoisotopic (exact) mass is 201 g/mol. The molecule has 0 unspecified atom stereocenters. The molecule has 3 heteroatoms. The van der Waals surface area contributed by atoms with E-state index in [2.05, 4.69) is 5.16 Å². The number of carbonyl (C=O) groups is 1. The Balaban J connectivity index is 1.94. The lowest BCUT2D eigenvalue weighted by molar-refractivity contribution is 0.0983. The second-order valence-electron chi connectivity index (χ2n) is 3.32. The van der Waals surface area contributed by atoms with Crippen molar-refractivity contribution in [2.24, 2.45) is 0 Å². The van der Waals surface area contributed by atoms with Crippen LogP contribution in [0.2, 0.25) is 0 Å². The van der Waals surface area contributed by atoms with Gasteiger partial charge in [-0.3, -0.25) is 4.79 Å². The molecule has 0 fully saturated rings. The van der Waals surface area contributed by atoms with E-state index in [4.69, 9.17) is 4.52 Å². The van der Waals surface area contributed by atoms with Crippen LogP contribution in [-0.2, 0) is 6.42 Å². The predicted octanol–water partition coefficient (Wildman–Crippen LogP) is 2.49. The highest BCUT2D eigenvalue weighted by Crippen LogP contribution is 2.07. The van der Waals surface area contributed by atoms with Gasteiger partial charge in [0.2, 0.25) is 0 Å². The van der Waals surface area contributed by atoms with Crippen molar-refractivity contribution in [2.75, 3.05) is 0 Å². The van der Waals surface area contributed by atoms with Gasteiger partial charge in [-0.1, -0.05) is 35.5 Å². The summed E-state index contributed by atoms with van der Waals surface area (Å²) in [7, 11) is 0. The van der Waals surface area contributed by atoms with Crippen LogP contribution in [0, 0.1) is 0 Å². The van der Waals surface area contributed by atoms with Crippen molar-refractivity contribution in [1.29, 1.82) is 0 Å². The average molecular weight is 201 g/mol. The summed E-state index contributed by atoms with van der Waals surface area (Å²) in [5.74, 6) is 0.150. The third kappa shape index (κ3) is 2.53. The molecule has 0 aliphatic rings. The van der Waals surface area contributed by atoms with Crippen molar-refractivity contribution in [2.45, 2.75) is 12.8 Å². The summed E-state index contributed by atoms with van der Waals surface area (Å²) in [5, 5.41) is 3.59. The number of hydrogen-bond donors (Lipinski definition) is 0. The number of benzene rings is 1. The van der Waals surface area contributed by atoms with Gasteiger partial charge in [0.15, 0.2) is 5.78 Å². The van der Waals surface area contributed by atoms with Crippen LogP contribution in [0.3, 0.4) is 0 Å². The fourth-order valence-corrected chi connectivity index (χ4v) is 1.38. The summed E-state index contributed by atoms with van der Waals surface area (Å²) in [6.07, 6.45) is 4.37. The molecule has 2 rings (SSSR count). The van der Waals surface area contributed by atoms with Crippen molar-refractivity contribution < 1.29 is 9.32 Å². The first kappa shape index (κ1) is 9.65. The minimum atomic E-state index is 0.150. The standard InChI is InChI=1S/C12H11NO2/c14-12(11-4-2-1-3-5-11)7-6-10-8-13-15-9-10/h1-5,8-9H,6-7H2. The number of ketones is 1. The lowest BCUT2D eigenvalue weighted by Gasteiger charge is -1.98. The van der Waals surface area contributed by atoms with E-state index < -0.39 is 0 Å². The first-order chi connectivity index (χ1) is 7.36. The fourth-order valence-electron chi connectivity index (χ4n) is 1.38. The predicted molar refractivity (Wildman–Crippen MR) is 55.6 cm³/mol. The molecule has 0 amide bonds. The highest BCUT2D eigenvalue weighted by Gasteiger charge is 2.05. The summed E-state index contributed by atoms with van der Waals surface area (Å²) < 4.78 is 4.69. The van der Waals surface area contributed by atoms with Crippen molar-refractivity contribution >= 4 is 5.78 Å². The minimum absolute atomic E-state index is 0.150. The molecule has 1 heterocycles. The second-order valence-corrected chi connectivity index (χ2v) is 3.32. The third-order valence-electron chi connectivity index (χ3n) is 2.22. The summed E-state index contributed by atoms with van der Waals surface area (Å²) in [6.45, 7) is 0. The molecular formula is C12H11NO2. The highest BCUT2D eigenvalue weighted by atomic mass is 16.5. The van der Waals surface area contributed by atoms with Crippen LogP contribution < -0.4 is 0 Å². The minimum Gasteiger partial charge on any atom is -0.364 e. The van der Waals surface area contributed by atoms with E-state index in [0.29, 0.717) is 12.8 Å².